The van der Waals surface area contributed by atoms with Gasteiger partial charge >= 0.3 is 7.82 Å². The van der Waals surface area contributed by atoms with Crippen molar-refractivity contribution in [1.82, 2.24) is 5.32 Å². The first-order chi connectivity index (χ1) is 9.19. The Labute approximate surface area is 118 Å². The van der Waals surface area contributed by atoms with Gasteiger partial charge in [-0.25, -0.2) is 4.57 Å². The molecule has 0 bridgehead atoms. The van der Waals surface area contributed by atoms with Crippen LogP contribution >= 0.6 is 7.82 Å². The summed E-state index contributed by atoms with van der Waals surface area (Å²) in [6, 6.07) is 7.79. The van der Waals surface area contributed by atoms with Crippen LogP contribution in [0.3, 0.4) is 0 Å². The van der Waals surface area contributed by atoms with E-state index in [-0.39, 0.29) is 6.54 Å². The molecule has 3 N–H and O–H groups in total. The van der Waals surface area contributed by atoms with E-state index in [0.717, 1.165) is 5.56 Å². The maximum Gasteiger partial charge on any atom is 0.470 e. The van der Waals surface area contributed by atoms with Gasteiger partial charge < -0.3 is 15.1 Å². The highest BCUT2D eigenvalue weighted by Gasteiger charge is 2.23. The van der Waals surface area contributed by atoms with Crippen LogP contribution in [0.1, 0.15) is 37.8 Å². The van der Waals surface area contributed by atoms with Crippen molar-refractivity contribution in [3.05, 3.63) is 35.4 Å². The number of rotatable bonds is 6. The number of nitrogens with one attached hydrogen (secondary N) is 1. The van der Waals surface area contributed by atoms with Crippen molar-refractivity contribution < 1.29 is 23.7 Å². The Morgan fingerprint density at radius 3 is 2.25 bits per heavy atom. The number of carbonyl (C=O) groups excluding carboxylic acids is 1. The molecule has 0 saturated heterocycles. The summed E-state index contributed by atoms with van der Waals surface area (Å²) in [7, 11) is -4.65. The van der Waals surface area contributed by atoms with Gasteiger partial charge in [0.05, 0.1) is 0 Å². The molecule has 1 rings (SSSR count). The van der Waals surface area contributed by atoms with Crippen molar-refractivity contribution >= 4 is 13.7 Å². The van der Waals surface area contributed by atoms with E-state index < -0.39 is 19.8 Å². The second kappa shape index (κ2) is 6.99. The third kappa shape index (κ3) is 5.84. The van der Waals surface area contributed by atoms with E-state index in [2.05, 4.69) is 23.7 Å². The molecule has 6 nitrogen and oxygen atoms in total. The van der Waals surface area contributed by atoms with E-state index in [9.17, 15) is 9.36 Å². The highest BCUT2D eigenvalue weighted by atomic mass is 31.2. The van der Waals surface area contributed by atoms with Crippen molar-refractivity contribution in [2.45, 2.75) is 39.3 Å². The van der Waals surface area contributed by atoms with Gasteiger partial charge in [0, 0.05) is 6.54 Å². The van der Waals surface area contributed by atoms with Crippen LogP contribution in [0.25, 0.3) is 0 Å². The highest BCUT2D eigenvalue weighted by Crippen LogP contribution is 2.37. The van der Waals surface area contributed by atoms with Gasteiger partial charge in [0.1, 0.15) is 6.10 Å². The molecule has 20 heavy (non-hydrogen) atoms. The largest absolute Gasteiger partial charge is 0.470 e. The Morgan fingerprint density at radius 1 is 1.25 bits per heavy atom. The lowest BCUT2D eigenvalue weighted by Crippen LogP contribution is -2.33. The van der Waals surface area contributed by atoms with E-state index in [0.29, 0.717) is 5.92 Å². The van der Waals surface area contributed by atoms with Crippen LogP contribution in [0.2, 0.25) is 0 Å². The number of benzene rings is 1. The number of amides is 1. The summed E-state index contributed by atoms with van der Waals surface area (Å²) < 4.78 is 14.9. The minimum Gasteiger partial charge on any atom is -0.350 e. The van der Waals surface area contributed by atoms with Crippen LogP contribution in [0.15, 0.2) is 24.3 Å². The number of carbonyl (C=O) groups is 1. The van der Waals surface area contributed by atoms with Gasteiger partial charge in [-0.2, -0.15) is 0 Å². The molecule has 1 aromatic carbocycles. The quantitative estimate of drug-likeness (QED) is 0.698. The van der Waals surface area contributed by atoms with Gasteiger partial charge in [0.2, 0.25) is 5.91 Å². The van der Waals surface area contributed by atoms with Crippen molar-refractivity contribution in [2.75, 3.05) is 0 Å². The smallest absolute Gasteiger partial charge is 0.350 e. The molecule has 0 aliphatic heterocycles. The molecule has 1 amide bonds. The first kappa shape index (κ1) is 16.9. The number of phosphoric acid groups is 1. The molecule has 112 valence electrons. The summed E-state index contributed by atoms with van der Waals surface area (Å²) in [6.07, 6.45) is -1.20. The minimum atomic E-state index is -4.65. The third-order valence-corrected chi connectivity index (χ3v) is 3.37. The highest BCUT2D eigenvalue weighted by molar-refractivity contribution is 7.46. The van der Waals surface area contributed by atoms with Gasteiger partial charge in [-0.05, 0) is 24.0 Å². The van der Waals surface area contributed by atoms with E-state index in [1.807, 2.05) is 24.3 Å². The first-order valence-corrected chi connectivity index (χ1v) is 7.82. The maximum atomic E-state index is 11.6. The minimum absolute atomic E-state index is 0.284. The number of hydrogen-bond acceptors (Lipinski definition) is 3. The third-order valence-electron chi connectivity index (χ3n) is 2.78. The lowest BCUT2D eigenvalue weighted by molar-refractivity contribution is -0.128. The lowest BCUT2D eigenvalue weighted by atomic mass is 10.0. The Hall–Kier alpha value is -1.20. The van der Waals surface area contributed by atoms with Crippen LogP contribution in [-0.2, 0) is 20.4 Å². The molecule has 0 aliphatic carbocycles. The predicted octanol–water partition coefficient (Wildman–Crippen LogP) is 1.92. The topological polar surface area (TPSA) is 95.9 Å². The molecular weight excluding hydrogens is 281 g/mol. The van der Waals surface area contributed by atoms with Crippen LogP contribution in [0, 0.1) is 0 Å². The molecule has 0 spiro atoms. The van der Waals surface area contributed by atoms with Crippen molar-refractivity contribution in [2.24, 2.45) is 0 Å². The SMILES string of the molecule is CC(OP(=O)(O)O)C(=O)NCc1ccc(C(C)C)cc1. The molecule has 0 saturated carbocycles. The second-order valence-corrected chi connectivity index (χ2v) is 6.04. The predicted molar refractivity (Wildman–Crippen MR) is 75.0 cm³/mol. The fraction of sp³-hybridized carbons (Fsp3) is 0.462. The van der Waals surface area contributed by atoms with Crippen molar-refractivity contribution in [3.8, 4) is 0 Å². The summed E-state index contributed by atoms with van der Waals surface area (Å²) in [5.74, 6) is -0.128. The number of phosphoric ester groups is 1. The lowest BCUT2D eigenvalue weighted by Gasteiger charge is -2.14. The summed E-state index contributed by atoms with van der Waals surface area (Å²) >= 11 is 0. The monoisotopic (exact) mass is 301 g/mol. The summed E-state index contributed by atoms with van der Waals surface area (Å²) in [4.78, 5) is 28.8. The van der Waals surface area contributed by atoms with Gasteiger partial charge in [-0.3, -0.25) is 9.32 Å². The molecular formula is C13H20NO5P. The van der Waals surface area contributed by atoms with Gasteiger partial charge in [0.25, 0.3) is 0 Å². The van der Waals surface area contributed by atoms with Gasteiger partial charge in [0.15, 0.2) is 0 Å². The van der Waals surface area contributed by atoms with Crippen LogP contribution in [-0.4, -0.2) is 21.8 Å². The molecule has 0 aliphatic rings. The van der Waals surface area contributed by atoms with Crippen LogP contribution in [0.5, 0.6) is 0 Å². The Morgan fingerprint density at radius 2 is 1.80 bits per heavy atom. The molecule has 0 fully saturated rings. The standard InChI is InChI=1S/C13H20NO5P/c1-9(2)12-6-4-11(5-7-12)8-14-13(15)10(3)19-20(16,17)18/h4-7,9-10H,8H2,1-3H3,(H,14,15)(H2,16,17,18). The average molecular weight is 301 g/mol. The van der Waals surface area contributed by atoms with Gasteiger partial charge in [-0.1, -0.05) is 38.1 Å². The van der Waals surface area contributed by atoms with Crippen molar-refractivity contribution in [1.29, 1.82) is 0 Å². The normalized spacial score (nSPS) is 13.3. The Kier molecular flexibility index (Phi) is 5.89. The second-order valence-electron chi connectivity index (χ2n) is 4.85. The molecule has 0 heterocycles. The Bertz CT molecular complexity index is 494. The maximum absolute atomic E-state index is 11.6. The van der Waals surface area contributed by atoms with E-state index in [1.54, 1.807) is 0 Å². The summed E-state index contributed by atoms with van der Waals surface area (Å²) in [6.45, 7) is 5.76. The fourth-order valence-corrected chi connectivity index (χ4v) is 2.11. The van der Waals surface area contributed by atoms with Gasteiger partial charge in [-0.15, -0.1) is 0 Å². The Balaban J connectivity index is 2.50. The van der Waals surface area contributed by atoms with Crippen molar-refractivity contribution in [3.63, 3.8) is 0 Å². The summed E-state index contributed by atoms with van der Waals surface area (Å²) in [5.41, 5.74) is 2.12. The first-order valence-electron chi connectivity index (χ1n) is 6.29. The molecule has 1 unspecified atom stereocenters. The molecule has 0 aromatic heterocycles. The van der Waals surface area contributed by atoms with E-state index >= 15 is 0 Å². The molecule has 7 heteroatoms. The van der Waals surface area contributed by atoms with Crippen LogP contribution in [0.4, 0.5) is 0 Å². The number of hydrogen-bond donors (Lipinski definition) is 3. The van der Waals surface area contributed by atoms with E-state index in [1.165, 1.54) is 12.5 Å². The van der Waals surface area contributed by atoms with E-state index in [4.69, 9.17) is 9.79 Å². The fourth-order valence-electron chi connectivity index (χ4n) is 1.61. The molecule has 1 aromatic rings. The summed E-state index contributed by atoms with van der Waals surface area (Å²) in [5, 5.41) is 2.56. The van der Waals surface area contributed by atoms with Crippen LogP contribution < -0.4 is 5.32 Å². The zero-order chi connectivity index (χ0) is 15.3. The zero-order valence-electron chi connectivity index (χ0n) is 11.7. The average Bonchev–Trinajstić information content (AvgIpc) is 2.34. The molecule has 1 atom stereocenters. The zero-order valence-corrected chi connectivity index (χ0v) is 12.6. The molecule has 0 radical (unpaired) electrons.